The second kappa shape index (κ2) is 9.90. The minimum Gasteiger partial charge on any atom is -0.391 e. The van der Waals surface area contributed by atoms with E-state index in [-0.39, 0.29) is 0 Å². The Morgan fingerprint density at radius 3 is 2.77 bits per heavy atom. The highest BCUT2D eigenvalue weighted by atomic mass is 16.5. The molecular formula is C20H32N4O2. The zero-order valence-electron chi connectivity index (χ0n) is 15.8. The molecule has 0 aromatic heterocycles. The van der Waals surface area contributed by atoms with Crippen LogP contribution < -0.4 is 5.32 Å². The minimum absolute atomic E-state index is 0.427. The zero-order chi connectivity index (χ0) is 18.2. The van der Waals surface area contributed by atoms with Crippen LogP contribution in [0.1, 0.15) is 18.9 Å². The van der Waals surface area contributed by atoms with Crippen LogP contribution in [0.25, 0.3) is 0 Å². The number of rotatable bonds is 6. The molecule has 0 spiro atoms. The molecule has 1 aromatic rings. The predicted octanol–water partition coefficient (Wildman–Crippen LogP) is 0.962. The van der Waals surface area contributed by atoms with E-state index in [9.17, 15) is 5.11 Å². The molecule has 2 atom stereocenters. The number of benzene rings is 1. The number of aliphatic hydroxyl groups is 1. The normalized spacial score (nSPS) is 23.2. The molecule has 26 heavy (non-hydrogen) atoms. The highest BCUT2D eigenvalue weighted by Gasteiger charge is 2.30. The average molecular weight is 361 g/mol. The third-order valence-electron chi connectivity index (χ3n) is 5.13. The van der Waals surface area contributed by atoms with Crippen molar-refractivity contribution in [3.63, 3.8) is 0 Å². The zero-order valence-corrected chi connectivity index (χ0v) is 15.8. The summed E-state index contributed by atoms with van der Waals surface area (Å²) in [6.07, 6.45) is 1.35. The van der Waals surface area contributed by atoms with E-state index in [4.69, 9.17) is 9.73 Å². The molecule has 2 aliphatic rings. The van der Waals surface area contributed by atoms with Crippen molar-refractivity contribution in [3.05, 3.63) is 35.9 Å². The Morgan fingerprint density at radius 2 is 2.04 bits per heavy atom. The molecule has 0 aliphatic carbocycles. The molecule has 6 nitrogen and oxygen atoms in total. The standard InChI is InChI=1S/C20H32N4O2/c1-2-21-20(22-15-19(25)14-17-6-4-3-5-7-17)24-9-8-18(16-24)23-10-12-26-13-11-23/h3-7,18-19,25H,2,8-16H2,1H3,(H,21,22). The number of morpholine rings is 1. The van der Waals surface area contributed by atoms with Gasteiger partial charge in [-0.05, 0) is 18.9 Å². The maximum absolute atomic E-state index is 10.3. The number of nitrogens with zero attached hydrogens (tertiary/aromatic N) is 3. The molecule has 0 amide bonds. The molecule has 2 N–H and O–H groups in total. The van der Waals surface area contributed by atoms with Gasteiger partial charge in [-0.25, -0.2) is 0 Å². The van der Waals surface area contributed by atoms with Gasteiger partial charge in [0.2, 0.25) is 0 Å². The van der Waals surface area contributed by atoms with Gasteiger partial charge in [0, 0.05) is 45.2 Å². The molecular weight excluding hydrogens is 328 g/mol. The largest absolute Gasteiger partial charge is 0.391 e. The summed E-state index contributed by atoms with van der Waals surface area (Å²) >= 11 is 0. The van der Waals surface area contributed by atoms with E-state index < -0.39 is 6.10 Å². The molecule has 2 saturated heterocycles. The van der Waals surface area contributed by atoms with E-state index in [2.05, 4.69) is 22.0 Å². The Bertz CT molecular complexity index is 560. The first kappa shape index (κ1) is 19.1. The lowest BCUT2D eigenvalue weighted by atomic mass is 10.1. The number of nitrogens with one attached hydrogen (secondary N) is 1. The lowest BCUT2D eigenvalue weighted by Gasteiger charge is -2.32. The van der Waals surface area contributed by atoms with Gasteiger partial charge in [-0.1, -0.05) is 30.3 Å². The van der Waals surface area contributed by atoms with E-state index in [0.717, 1.165) is 63.9 Å². The molecule has 2 unspecified atom stereocenters. The van der Waals surface area contributed by atoms with Crippen molar-refractivity contribution in [1.82, 2.24) is 15.1 Å². The number of hydrogen-bond donors (Lipinski definition) is 2. The fourth-order valence-electron chi connectivity index (χ4n) is 3.74. The van der Waals surface area contributed by atoms with Crippen molar-refractivity contribution in [3.8, 4) is 0 Å². The molecule has 0 bridgehead atoms. The first-order valence-corrected chi connectivity index (χ1v) is 9.83. The van der Waals surface area contributed by atoms with Crippen LogP contribution in [0.5, 0.6) is 0 Å². The molecule has 0 saturated carbocycles. The van der Waals surface area contributed by atoms with E-state index >= 15 is 0 Å². The van der Waals surface area contributed by atoms with Crippen LogP contribution in [0.2, 0.25) is 0 Å². The van der Waals surface area contributed by atoms with Crippen LogP contribution in [0.15, 0.2) is 35.3 Å². The second-order valence-corrected chi connectivity index (χ2v) is 7.08. The van der Waals surface area contributed by atoms with Gasteiger partial charge in [0.1, 0.15) is 0 Å². The van der Waals surface area contributed by atoms with Crippen LogP contribution in [-0.2, 0) is 11.2 Å². The molecule has 3 rings (SSSR count). The van der Waals surface area contributed by atoms with Crippen LogP contribution in [0.3, 0.4) is 0 Å². The van der Waals surface area contributed by atoms with Gasteiger partial charge in [0.15, 0.2) is 5.96 Å². The Balaban J connectivity index is 1.53. The van der Waals surface area contributed by atoms with Gasteiger partial charge in [0.05, 0.1) is 25.9 Å². The van der Waals surface area contributed by atoms with Crippen LogP contribution in [0.4, 0.5) is 0 Å². The SMILES string of the molecule is CCNC(=NCC(O)Cc1ccccc1)N1CCC(N2CCOCC2)C1. The van der Waals surface area contributed by atoms with E-state index in [1.54, 1.807) is 0 Å². The van der Waals surface area contributed by atoms with Crippen LogP contribution in [-0.4, -0.2) is 85.5 Å². The van der Waals surface area contributed by atoms with Crippen LogP contribution >= 0.6 is 0 Å². The predicted molar refractivity (Wildman–Crippen MR) is 105 cm³/mol. The van der Waals surface area contributed by atoms with Crippen molar-refractivity contribution >= 4 is 5.96 Å². The highest BCUT2D eigenvalue weighted by molar-refractivity contribution is 5.80. The topological polar surface area (TPSA) is 60.3 Å². The number of likely N-dealkylation sites (tertiary alicyclic amines) is 1. The maximum atomic E-state index is 10.3. The summed E-state index contributed by atoms with van der Waals surface area (Å²) in [5, 5.41) is 13.7. The Kier molecular flexibility index (Phi) is 7.29. The van der Waals surface area contributed by atoms with E-state index in [0.29, 0.717) is 19.0 Å². The van der Waals surface area contributed by atoms with Gasteiger partial charge in [-0.2, -0.15) is 0 Å². The fourth-order valence-corrected chi connectivity index (χ4v) is 3.74. The van der Waals surface area contributed by atoms with Crippen molar-refractivity contribution in [2.24, 2.45) is 4.99 Å². The maximum Gasteiger partial charge on any atom is 0.194 e. The summed E-state index contributed by atoms with van der Waals surface area (Å²) in [5.74, 6) is 0.926. The van der Waals surface area contributed by atoms with Crippen molar-refractivity contribution in [2.75, 3.05) is 52.5 Å². The van der Waals surface area contributed by atoms with E-state index in [1.165, 1.54) is 0 Å². The average Bonchev–Trinajstić information content (AvgIpc) is 3.17. The molecule has 6 heteroatoms. The Hall–Kier alpha value is -1.63. The number of aliphatic imine (C=N–C) groups is 1. The number of ether oxygens (including phenoxy) is 1. The highest BCUT2D eigenvalue weighted by Crippen LogP contribution is 2.17. The summed E-state index contributed by atoms with van der Waals surface area (Å²) in [6, 6.07) is 10.7. The van der Waals surface area contributed by atoms with Crippen molar-refractivity contribution in [1.29, 1.82) is 0 Å². The van der Waals surface area contributed by atoms with Gasteiger partial charge in [-0.3, -0.25) is 9.89 Å². The van der Waals surface area contributed by atoms with E-state index in [1.807, 2.05) is 30.3 Å². The fraction of sp³-hybridized carbons (Fsp3) is 0.650. The Morgan fingerprint density at radius 1 is 1.27 bits per heavy atom. The summed E-state index contributed by atoms with van der Waals surface area (Å²) in [6.45, 7) is 9.12. The molecule has 0 radical (unpaired) electrons. The second-order valence-electron chi connectivity index (χ2n) is 7.08. The summed E-state index contributed by atoms with van der Waals surface area (Å²) in [7, 11) is 0. The third-order valence-corrected chi connectivity index (χ3v) is 5.13. The lowest BCUT2D eigenvalue weighted by molar-refractivity contribution is 0.0194. The molecule has 144 valence electrons. The van der Waals surface area contributed by atoms with Gasteiger partial charge < -0.3 is 20.1 Å². The summed E-state index contributed by atoms with van der Waals surface area (Å²) in [5.41, 5.74) is 1.15. The Labute approximate surface area is 156 Å². The van der Waals surface area contributed by atoms with Crippen molar-refractivity contribution < 1.29 is 9.84 Å². The third kappa shape index (κ3) is 5.43. The monoisotopic (exact) mass is 360 g/mol. The number of guanidine groups is 1. The quantitative estimate of drug-likeness (QED) is 0.585. The van der Waals surface area contributed by atoms with Gasteiger partial charge in [-0.15, -0.1) is 0 Å². The first-order chi connectivity index (χ1) is 12.8. The lowest BCUT2D eigenvalue weighted by Crippen LogP contribution is -2.46. The van der Waals surface area contributed by atoms with Crippen LogP contribution in [0, 0.1) is 0 Å². The number of aliphatic hydroxyl groups excluding tert-OH is 1. The van der Waals surface area contributed by atoms with Gasteiger partial charge in [0.25, 0.3) is 0 Å². The van der Waals surface area contributed by atoms with Crippen molar-refractivity contribution in [2.45, 2.75) is 31.9 Å². The molecule has 2 aliphatic heterocycles. The molecule has 1 aromatic carbocycles. The molecule has 2 heterocycles. The minimum atomic E-state index is -0.455. The van der Waals surface area contributed by atoms with Gasteiger partial charge >= 0.3 is 0 Å². The smallest absolute Gasteiger partial charge is 0.194 e. The number of hydrogen-bond acceptors (Lipinski definition) is 4. The molecule has 2 fully saturated rings. The first-order valence-electron chi connectivity index (χ1n) is 9.83. The summed E-state index contributed by atoms with van der Waals surface area (Å²) in [4.78, 5) is 9.58. The summed E-state index contributed by atoms with van der Waals surface area (Å²) < 4.78 is 5.47.